The van der Waals surface area contributed by atoms with Gasteiger partial charge in [-0.15, -0.1) is 0 Å². The van der Waals surface area contributed by atoms with Crippen LogP contribution in [0.25, 0.3) is 0 Å². The maximum absolute atomic E-state index is 9.91. The first kappa shape index (κ1) is 15.4. The second-order valence-corrected chi connectivity index (χ2v) is 4.99. The van der Waals surface area contributed by atoms with Gasteiger partial charge in [0.05, 0.1) is 13.2 Å². The zero-order valence-corrected chi connectivity index (χ0v) is 11.2. The van der Waals surface area contributed by atoms with E-state index in [0.29, 0.717) is 0 Å². The van der Waals surface area contributed by atoms with E-state index in [4.69, 9.17) is 9.47 Å². The van der Waals surface area contributed by atoms with Crippen LogP contribution >= 0.6 is 0 Å². The van der Waals surface area contributed by atoms with Crippen molar-refractivity contribution in [2.45, 2.75) is 44.2 Å². The average Bonchev–Trinajstić information content (AvgIpc) is 2.45. The number of aliphatic hydroxyl groups is 4. The zero-order chi connectivity index (χ0) is 14.7. The molecule has 1 heterocycles. The van der Waals surface area contributed by atoms with Crippen molar-refractivity contribution in [1.29, 1.82) is 0 Å². The first-order chi connectivity index (χ1) is 9.52. The van der Waals surface area contributed by atoms with Crippen molar-refractivity contribution in [3.05, 3.63) is 35.4 Å². The average molecular weight is 284 g/mol. The van der Waals surface area contributed by atoms with Gasteiger partial charge in [-0.1, -0.05) is 29.8 Å². The Morgan fingerprint density at radius 2 is 1.75 bits per heavy atom. The van der Waals surface area contributed by atoms with Crippen molar-refractivity contribution in [2.24, 2.45) is 0 Å². The van der Waals surface area contributed by atoms with Gasteiger partial charge in [-0.2, -0.15) is 0 Å². The highest BCUT2D eigenvalue weighted by molar-refractivity contribution is 5.20. The molecular weight excluding hydrogens is 264 g/mol. The van der Waals surface area contributed by atoms with Gasteiger partial charge in [0.15, 0.2) is 6.29 Å². The molecule has 0 amide bonds. The number of hydrogen-bond acceptors (Lipinski definition) is 6. The number of ether oxygens (including phenoxy) is 2. The Labute approximate surface area is 117 Å². The van der Waals surface area contributed by atoms with Crippen LogP contribution in [0.4, 0.5) is 0 Å². The van der Waals surface area contributed by atoms with Crippen LogP contribution in [0.3, 0.4) is 0 Å². The number of aryl methyl sites for hydroxylation is 1. The van der Waals surface area contributed by atoms with Crippen molar-refractivity contribution >= 4 is 0 Å². The largest absolute Gasteiger partial charge is 0.394 e. The molecule has 6 nitrogen and oxygen atoms in total. The molecule has 1 unspecified atom stereocenters. The molecule has 0 bridgehead atoms. The lowest BCUT2D eigenvalue weighted by molar-refractivity contribution is -0.295. The minimum absolute atomic E-state index is 0.213. The Kier molecular flexibility index (Phi) is 5.09. The molecule has 1 aromatic carbocycles. The number of aliphatic hydroxyl groups excluding tert-OH is 4. The maximum Gasteiger partial charge on any atom is 0.184 e. The molecule has 0 aliphatic carbocycles. The molecule has 1 fully saturated rings. The van der Waals surface area contributed by atoms with Gasteiger partial charge in [-0.05, 0) is 12.5 Å². The fourth-order valence-electron chi connectivity index (χ4n) is 2.15. The van der Waals surface area contributed by atoms with Crippen LogP contribution in [0.2, 0.25) is 0 Å². The lowest BCUT2D eigenvalue weighted by atomic mass is 9.99. The Balaban J connectivity index is 2.00. The summed E-state index contributed by atoms with van der Waals surface area (Å²) in [6.45, 7) is 1.77. The molecule has 1 aliphatic heterocycles. The summed E-state index contributed by atoms with van der Waals surface area (Å²) in [6, 6.07) is 7.67. The predicted molar refractivity (Wildman–Crippen MR) is 69.7 cm³/mol. The van der Waals surface area contributed by atoms with Crippen LogP contribution in [0, 0.1) is 6.92 Å². The van der Waals surface area contributed by atoms with Gasteiger partial charge in [0.2, 0.25) is 0 Å². The minimum atomic E-state index is -1.53. The molecule has 0 saturated carbocycles. The van der Waals surface area contributed by atoms with E-state index in [-0.39, 0.29) is 6.61 Å². The van der Waals surface area contributed by atoms with Crippen LogP contribution in [-0.2, 0) is 16.1 Å². The second-order valence-electron chi connectivity index (χ2n) is 4.99. The third-order valence-electron chi connectivity index (χ3n) is 3.40. The SMILES string of the molecule is Cc1ccc(CO[C@H]2[C@H](O)[C@H](O)C(O)O[C@@H]2CO)cc1. The highest BCUT2D eigenvalue weighted by Gasteiger charge is 2.44. The molecule has 112 valence electrons. The smallest absolute Gasteiger partial charge is 0.184 e. The summed E-state index contributed by atoms with van der Waals surface area (Å²) < 4.78 is 10.5. The Hall–Kier alpha value is -1.02. The van der Waals surface area contributed by atoms with E-state index in [1.54, 1.807) is 0 Å². The van der Waals surface area contributed by atoms with E-state index in [9.17, 15) is 20.4 Å². The minimum Gasteiger partial charge on any atom is -0.394 e. The molecule has 2 rings (SSSR count). The Bertz CT molecular complexity index is 418. The molecule has 1 aliphatic rings. The fourth-order valence-corrected chi connectivity index (χ4v) is 2.15. The van der Waals surface area contributed by atoms with Gasteiger partial charge in [0.25, 0.3) is 0 Å². The summed E-state index contributed by atoms with van der Waals surface area (Å²) in [5.74, 6) is 0. The van der Waals surface area contributed by atoms with Gasteiger partial charge >= 0.3 is 0 Å². The molecule has 20 heavy (non-hydrogen) atoms. The number of rotatable bonds is 4. The lowest BCUT2D eigenvalue weighted by Gasteiger charge is -2.39. The topological polar surface area (TPSA) is 99.4 Å². The highest BCUT2D eigenvalue weighted by Crippen LogP contribution is 2.23. The van der Waals surface area contributed by atoms with Gasteiger partial charge in [-0.3, -0.25) is 0 Å². The predicted octanol–water partition coefficient (Wildman–Crippen LogP) is -0.688. The van der Waals surface area contributed by atoms with Crippen molar-refractivity contribution in [1.82, 2.24) is 0 Å². The van der Waals surface area contributed by atoms with E-state index in [2.05, 4.69) is 0 Å². The van der Waals surface area contributed by atoms with Crippen LogP contribution in [0.15, 0.2) is 24.3 Å². The van der Waals surface area contributed by atoms with Crippen molar-refractivity contribution in [2.75, 3.05) is 6.61 Å². The molecule has 4 N–H and O–H groups in total. The summed E-state index contributed by atoms with van der Waals surface area (Å²) in [7, 11) is 0. The van der Waals surface area contributed by atoms with Crippen molar-refractivity contribution in [3.8, 4) is 0 Å². The van der Waals surface area contributed by atoms with E-state index < -0.39 is 37.3 Å². The van der Waals surface area contributed by atoms with Crippen LogP contribution in [0.5, 0.6) is 0 Å². The summed E-state index contributed by atoms with van der Waals surface area (Å²) in [5.41, 5.74) is 2.03. The van der Waals surface area contributed by atoms with E-state index in [0.717, 1.165) is 11.1 Å². The lowest BCUT2D eigenvalue weighted by Crippen LogP contribution is -2.59. The van der Waals surface area contributed by atoms with Gasteiger partial charge < -0.3 is 29.9 Å². The van der Waals surface area contributed by atoms with Gasteiger partial charge in [0.1, 0.15) is 24.4 Å². The molecule has 5 atom stereocenters. The van der Waals surface area contributed by atoms with E-state index >= 15 is 0 Å². The summed E-state index contributed by atoms with van der Waals surface area (Å²) in [5, 5.41) is 38.1. The van der Waals surface area contributed by atoms with Crippen LogP contribution in [-0.4, -0.2) is 57.7 Å². The van der Waals surface area contributed by atoms with Crippen molar-refractivity contribution < 1.29 is 29.9 Å². The Morgan fingerprint density at radius 1 is 1.10 bits per heavy atom. The monoisotopic (exact) mass is 284 g/mol. The van der Waals surface area contributed by atoms with Gasteiger partial charge in [-0.25, -0.2) is 0 Å². The molecule has 0 radical (unpaired) electrons. The standard InChI is InChI=1S/C14H20O6/c1-8-2-4-9(5-3-8)7-19-13-10(6-15)20-14(18)12(17)11(13)16/h2-5,10-18H,6-7H2,1H3/t10-,11-,12+,13-,14?/m1/s1. The molecule has 1 aromatic rings. The maximum atomic E-state index is 9.91. The van der Waals surface area contributed by atoms with E-state index in [1.807, 2.05) is 31.2 Å². The highest BCUT2D eigenvalue weighted by atomic mass is 16.6. The zero-order valence-electron chi connectivity index (χ0n) is 11.2. The molecule has 0 aromatic heterocycles. The van der Waals surface area contributed by atoms with Crippen molar-refractivity contribution in [3.63, 3.8) is 0 Å². The Morgan fingerprint density at radius 3 is 2.35 bits per heavy atom. The third kappa shape index (κ3) is 3.35. The fraction of sp³-hybridized carbons (Fsp3) is 0.571. The molecule has 1 saturated heterocycles. The summed E-state index contributed by atoms with van der Waals surface area (Å²) >= 11 is 0. The first-order valence-electron chi connectivity index (χ1n) is 6.50. The third-order valence-corrected chi connectivity index (χ3v) is 3.40. The van der Waals surface area contributed by atoms with E-state index in [1.165, 1.54) is 0 Å². The quantitative estimate of drug-likeness (QED) is 0.584. The first-order valence-corrected chi connectivity index (χ1v) is 6.50. The van der Waals surface area contributed by atoms with Crippen LogP contribution < -0.4 is 0 Å². The van der Waals surface area contributed by atoms with Crippen LogP contribution in [0.1, 0.15) is 11.1 Å². The second kappa shape index (κ2) is 6.62. The summed E-state index contributed by atoms with van der Waals surface area (Å²) in [4.78, 5) is 0. The number of benzene rings is 1. The summed E-state index contributed by atoms with van der Waals surface area (Å²) in [6.07, 6.45) is -6.09. The molecule has 6 heteroatoms. The molecular formula is C14H20O6. The van der Waals surface area contributed by atoms with Gasteiger partial charge in [0, 0.05) is 0 Å². The normalized spacial score (nSPS) is 34.1. The molecule has 0 spiro atoms. The number of hydrogen-bond donors (Lipinski definition) is 4.